The van der Waals surface area contributed by atoms with E-state index < -0.39 is 50.8 Å². The van der Waals surface area contributed by atoms with Crippen LogP contribution in [0.2, 0.25) is 0 Å². The van der Waals surface area contributed by atoms with E-state index in [1.807, 2.05) is 0 Å². The molecule has 0 aliphatic carbocycles. The average molecular weight is 661 g/mol. The maximum absolute atomic E-state index is 15.0. The lowest BCUT2D eigenvalue weighted by Crippen LogP contribution is -2.63. The van der Waals surface area contributed by atoms with Crippen LogP contribution in [-0.2, 0) is 14.6 Å². The monoisotopic (exact) mass is 660 g/mol. The van der Waals surface area contributed by atoms with Crippen LogP contribution in [0.15, 0.2) is 47.8 Å². The molecule has 3 unspecified atom stereocenters. The minimum atomic E-state index is -4.49. The first-order chi connectivity index (χ1) is 21.7. The number of aromatic nitrogens is 4. The molecule has 3 N–H and O–H groups in total. The number of nitrogens with one attached hydrogen (secondary N) is 3. The van der Waals surface area contributed by atoms with Gasteiger partial charge in [-0.2, -0.15) is 13.2 Å². The fourth-order valence-electron chi connectivity index (χ4n) is 6.71. The van der Waals surface area contributed by atoms with Crippen molar-refractivity contribution < 1.29 is 30.8 Å². The predicted molar refractivity (Wildman–Crippen MR) is 164 cm³/mol. The van der Waals surface area contributed by atoms with E-state index in [9.17, 15) is 30.8 Å². The number of fused-ring (bicyclic) bond motifs is 3. The number of carbonyl (C=O) groups is 1. The number of nitrogens with zero attached hydrogens (tertiary/aromatic N) is 5. The summed E-state index contributed by atoms with van der Waals surface area (Å²) in [5.41, 5.74) is 2.04. The second kappa shape index (κ2) is 11.6. The Morgan fingerprint density at radius 3 is 2.67 bits per heavy atom. The third kappa shape index (κ3) is 5.58. The van der Waals surface area contributed by atoms with Gasteiger partial charge in [0.2, 0.25) is 11.9 Å². The fourth-order valence-corrected chi connectivity index (χ4v) is 7.48. The van der Waals surface area contributed by atoms with E-state index in [0.29, 0.717) is 40.7 Å². The summed E-state index contributed by atoms with van der Waals surface area (Å²) in [4.78, 5) is 32.3. The van der Waals surface area contributed by atoms with E-state index >= 15 is 0 Å². The first-order valence-corrected chi connectivity index (χ1v) is 16.5. The van der Waals surface area contributed by atoms with Crippen LogP contribution in [0.3, 0.4) is 0 Å². The first kappa shape index (κ1) is 31.8. The van der Waals surface area contributed by atoms with Crippen LogP contribution in [0.25, 0.3) is 22.2 Å². The lowest BCUT2D eigenvalue weighted by Gasteiger charge is -2.43. The summed E-state index contributed by atoms with van der Waals surface area (Å²) in [7, 11) is -2.13. The number of aryl methyl sites for hydroxylation is 1. The summed E-state index contributed by atoms with van der Waals surface area (Å²) in [6, 6.07) is 1.80. The molecule has 11 nitrogen and oxygen atoms in total. The molecule has 2 aliphatic heterocycles. The van der Waals surface area contributed by atoms with E-state index in [1.54, 1.807) is 38.1 Å². The highest BCUT2D eigenvalue weighted by atomic mass is 32.2. The number of hydrogen-bond acceptors (Lipinski definition) is 9. The lowest BCUT2D eigenvalue weighted by molar-refractivity contribution is -0.203. The van der Waals surface area contributed by atoms with E-state index in [4.69, 9.17) is 0 Å². The third-order valence-corrected chi connectivity index (χ3v) is 9.86. The summed E-state index contributed by atoms with van der Waals surface area (Å²) >= 11 is 0. The number of likely N-dealkylation sites (tertiary alicyclic amines) is 2. The van der Waals surface area contributed by atoms with Gasteiger partial charge in [0, 0.05) is 54.4 Å². The molecule has 2 saturated heterocycles. The molecule has 0 spiro atoms. The quantitative estimate of drug-likeness (QED) is 0.231. The zero-order valence-corrected chi connectivity index (χ0v) is 26.2. The van der Waals surface area contributed by atoms with Crippen molar-refractivity contribution >= 4 is 44.1 Å². The second-order valence-electron chi connectivity index (χ2n) is 11.8. The van der Waals surface area contributed by atoms with Crippen molar-refractivity contribution in [3.63, 3.8) is 0 Å². The summed E-state index contributed by atoms with van der Waals surface area (Å²) in [5.74, 6) is -1.37. The van der Waals surface area contributed by atoms with Crippen LogP contribution in [-0.4, -0.2) is 94.3 Å². The SMILES string of the molecule is CC[C@H](C(=O)Nc1nccc2c(-c3nc(Nc4cccc(S(C)(=O)=O)c4F)ncc3C)c[nH]c12)N1C2CC(C1C(F)(F)F)N(C)C2. The summed E-state index contributed by atoms with van der Waals surface area (Å²) in [5, 5.41) is 6.12. The number of alkyl halides is 3. The second-order valence-corrected chi connectivity index (χ2v) is 13.8. The minimum Gasteiger partial charge on any atom is -0.357 e. The van der Waals surface area contributed by atoms with Gasteiger partial charge in [-0.15, -0.1) is 0 Å². The molecule has 3 aromatic heterocycles. The minimum absolute atomic E-state index is 0.0117. The molecule has 244 valence electrons. The topological polar surface area (TPSA) is 136 Å². The molecule has 2 fully saturated rings. The molecule has 5 heterocycles. The number of hydrogen-bond donors (Lipinski definition) is 3. The van der Waals surface area contributed by atoms with Crippen LogP contribution in [0.1, 0.15) is 25.3 Å². The Hall–Kier alpha value is -4.15. The Labute approximate surface area is 262 Å². The highest BCUT2D eigenvalue weighted by Crippen LogP contribution is 2.44. The van der Waals surface area contributed by atoms with Crippen LogP contribution in [0.4, 0.5) is 35.0 Å². The molecule has 4 aromatic rings. The van der Waals surface area contributed by atoms with Gasteiger partial charge in [0.25, 0.3) is 0 Å². The van der Waals surface area contributed by atoms with Gasteiger partial charge < -0.3 is 15.6 Å². The van der Waals surface area contributed by atoms with Crippen LogP contribution in [0, 0.1) is 12.7 Å². The number of aromatic amines is 1. The van der Waals surface area contributed by atoms with Gasteiger partial charge in [-0.3, -0.25) is 14.6 Å². The number of benzene rings is 1. The van der Waals surface area contributed by atoms with Crippen molar-refractivity contribution in [2.75, 3.05) is 30.5 Å². The summed E-state index contributed by atoms with van der Waals surface area (Å²) < 4.78 is 81.5. The van der Waals surface area contributed by atoms with Crippen LogP contribution in [0.5, 0.6) is 0 Å². The molecule has 2 aliphatic rings. The Kier molecular flexibility index (Phi) is 8.01. The number of pyridine rings is 1. The molecular weight excluding hydrogens is 628 g/mol. The maximum atomic E-state index is 15.0. The molecule has 2 bridgehead atoms. The van der Waals surface area contributed by atoms with Gasteiger partial charge in [-0.1, -0.05) is 13.0 Å². The molecule has 6 rings (SSSR count). The van der Waals surface area contributed by atoms with E-state index in [1.165, 1.54) is 35.5 Å². The van der Waals surface area contributed by atoms with E-state index in [-0.39, 0.29) is 29.9 Å². The lowest BCUT2D eigenvalue weighted by atomic mass is 10.0. The van der Waals surface area contributed by atoms with Crippen molar-refractivity contribution in [3.05, 3.63) is 54.2 Å². The van der Waals surface area contributed by atoms with Gasteiger partial charge in [0.05, 0.1) is 22.9 Å². The van der Waals surface area contributed by atoms with Gasteiger partial charge in [-0.25, -0.2) is 27.8 Å². The number of H-pyrrole nitrogens is 1. The Balaban J connectivity index is 1.29. The Morgan fingerprint density at radius 1 is 1.22 bits per heavy atom. The summed E-state index contributed by atoms with van der Waals surface area (Å²) in [6.07, 6.45) is 1.61. The molecule has 1 amide bonds. The Bertz CT molecular complexity index is 1930. The molecule has 16 heteroatoms. The molecule has 0 radical (unpaired) electrons. The van der Waals surface area contributed by atoms with Gasteiger partial charge in [0.15, 0.2) is 21.5 Å². The molecule has 0 saturated carbocycles. The van der Waals surface area contributed by atoms with Crippen molar-refractivity contribution in [2.45, 2.75) is 61.9 Å². The third-order valence-electron chi connectivity index (χ3n) is 8.75. The van der Waals surface area contributed by atoms with E-state index in [2.05, 4.69) is 30.6 Å². The highest BCUT2D eigenvalue weighted by Gasteiger charge is 2.61. The number of piperazine rings is 1. The highest BCUT2D eigenvalue weighted by molar-refractivity contribution is 7.90. The predicted octanol–water partition coefficient (Wildman–Crippen LogP) is 4.65. The van der Waals surface area contributed by atoms with Crippen LogP contribution < -0.4 is 10.6 Å². The van der Waals surface area contributed by atoms with Gasteiger partial charge in [-0.05, 0) is 50.6 Å². The number of anilines is 3. The van der Waals surface area contributed by atoms with E-state index in [0.717, 1.165) is 6.26 Å². The van der Waals surface area contributed by atoms with Gasteiger partial charge >= 0.3 is 6.18 Å². The zero-order valence-electron chi connectivity index (χ0n) is 25.4. The molecular formula is C30H32F4N8O3S. The molecule has 46 heavy (non-hydrogen) atoms. The van der Waals surface area contributed by atoms with Gasteiger partial charge in [0.1, 0.15) is 10.9 Å². The maximum Gasteiger partial charge on any atom is 0.405 e. The average Bonchev–Trinajstić information content (AvgIpc) is 3.68. The normalized spacial score (nSPS) is 21.2. The van der Waals surface area contributed by atoms with Crippen molar-refractivity contribution in [1.29, 1.82) is 0 Å². The molecule has 1 aromatic carbocycles. The first-order valence-electron chi connectivity index (χ1n) is 14.6. The summed E-state index contributed by atoms with van der Waals surface area (Å²) in [6.45, 7) is 3.93. The van der Waals surface area contributed by atoms with Crippen molar-refractivity contribution in [3.8, 4) is 11.3 Å². The number of sulfone groups is 1. The smallest absolute Gasteiger partial charge is 0.357 e. The number of amides is 1. The zero-order chi connectivity index (χ0) is 33.1. The Morgan fingerprint density at radius 2 is 1.98 bits per heavy atom. The number of rotatable bonds is 8. The number of halogens is 4. The number of carbonyl (C=O) groups excluding carboxylic acids is 1. The van der Waals surface area contributed by atoms with Crippen molar-refractivity contribution in [1.82, 2.24) is 29.7 Å². The molecule has 4 atom stereocenters. The number of likely N-dealkylation sites (N-methyl/N-ethyl adjacent to an activating group) is 1. The standard InChI is InChI=1S/C30H32F4N8O3S/c1-5-20(42-16-11-21(41(3)14-16)26(42)30(32,33)34)28(43)40-27-25-17(9-10-35-27)18(13-36-25)24-15(2)12-37-29(39-24)38-19-7-6-8-22(23(19)31)46(4,44)45/h6-10,12-13,16,20-21,26,36H,5,11,14H2,1-4H3,(H,35,40,43)(H,37,38,39)/t16?,20-,21?,26?/m1/s1. The van der Waals surface area contributed by atoms with Crippen molar-refractivity contribution in [2.24, 2.45) is 0 Å². The largest absolute Gasteiger partial charge is 0.405 e. The van der Waals surface area contributed by atoms with Crippen LogP contribution >= 0.6 is 0 Å². The fraction of sp³-hybridized carbons (Fsp3) is 0.400.